The summed E-state index contributed by atoms with van der Waals surface area (Å²) in [6.45, 7) is 12.4. The van der Waals surface area contributed by atoms with Crippen molar-refractivity contribution in [3.8, 4) is 11.3 Å². The van der Waals surface area contributed by atoms with Gasteiger partial charge in [-0.3, -0.25) is 24.3 Å². The number of fused-ring (bicyclic) bond motifs is 1. The van der Waals surface area contributed by atoms with E-state index in [2.05, 4.69) is 9.97 Å². The molecule has 0 bridgehead atoms. The van der Waals surface area contributed by atoms with Crippen molar-refractivity contribution in [1.29, 1.82) is 0 Å². The number of aryl methyl sites for hydroxylation is 1. The molecule has 2 aromatic rings. The number of methoxy groups -OCH3 is 1. The number of cyclic esters (lactones) is 1. The maximum Gasteiger partial charge on any atom is 0.411 e. The molecule has 0 radical (unpaired) electrons. The first-order chi connectivity index (χ1) is 22.2. The molecule has 47 heavy (non-hydrogen) atoms. The molecule has 4 heterocycles. The zero-order valence-electron chi connectivity index (χ0n) is 28.6. The Kier molecular flexibility index (Phi) is 11.1. The second kappa shape index (κ2) is 14.5. The second-order valence-corrected chi connectivity index (χ2v) is 13.3. The van der Waals surface area contributed by atoms with Gasteiger partial charge in [-0.1, -0.05) is 20.8 Å². The van der Waals surface area contributed by atoms with Gasteiger partial charge >= 0.3 is 12.1 Å². The number of aromatic nitrogens is 3. The molecule has 12 heteroatoms. The van der Waals surface area contributed by atoms with Crippen LogP contribution in [-0.2, 0) is 35.1 Å². The number of allylic oxidation sites excluding steroid dienone is 1. The number of carbonyl (C=O) groups is 4. The quantitative estimate of drug-likeness (QED) is 0.255. The van der Waals surface area contributed by atoms with E-state index in [9.17, 15) is 24.3 Å². The van der Waals surface area contributed by atoms with E-state index >= 15 is 0 Å². The summed E-state index contributed by atoms with van der Waals surface area (Å²) in [5, 5.41) is 11.3. The maximum atomic E-state index is 14.1. The topological polar surface area (TPSA) is 150 Å². The van der Waals surface area contributed by atoms with E-state index in [1.54, 1.807) is 58.2 Å². The summed E-state index contributed by atoms with van der Waals surface area (Å²) in [7, 11) is 1.42. The largest absolute Gasteiger partial charge is 0.433 e. The summed E-state index contributed by atoms with van der Waals surface area (Å²) in [6, 6.07) is 2.98. The van der Waals surface area contributed by atoms with Crippen LogP contribution in [0.1, 0.15) is 67.7 Å². The summed E-state index contributed by atoms with van der Waals surface area (Å²) < 4.78 is 19.5. The van der Waals surface area contributed by atoms with Gasteiger partial charge in [0.1, 0.15) is 17.5 Å². The van der Waals surface area contributed by atoms with Crippen LogP contribution in [0.4, 0.5) is 4.79 Å². The van der Waals surface area contributed by atoms with Crippen molar-refractivity contribution in [2.24, 2.45) is 23.7 Å². The average molecular weight is 653 g/mol. The van der Waals surface area contributed by atoms with E-state index in [1.165, 1.54) is 27.0 Å². The minimum atomic E-state index is -1.50. The number of rotatable bonds is 7. The van der Waals surface area contributed by atoms with Gasteiger partial charge in [-0.2, -0.15) is 0 Å². The minimum Gasteiger partial charge on any atom is -0.433 e. The highest BCUT2D eigenvalue weighted by atomic mass is 16.6. The number of imidazole rings is 1. The first-order valence-electron chi connectivity index (χ1n) is 16.3. The standard InChI is InChI=1S/C35H48N4O8/c1-9-27-35(7)30(39(33(44)47-35)16-11-10-15-38-19-26(37-20-38)25-13-12-14-36-18-25)22(3)28(40)21(2)17-34(6,45-8)31(42)23(4)29(41)24(5)32(43)46-27/h9,12-14,18-24,30-31,42H,10-11,15-17H2,1-8H3/t21-,22+,23+,24-,30-,31-,34+,35-/m1/s1. The molecule has 12 nitrogen and oxygen atoms in total. The molecule has 2 fully saturated rings. The number of aliphatic hydroxyl groups is 1. The highest BCUT2D eigenvalue weighted by molar-refractivity contribution is 6.00. The van der Waals surface area contributed by atoms with Crippen LogP contribution in [0.25, 0.3) is 11.3 Å². The Morgan fingerprint density at radius 1 is 1.06 bits per heavy atom. The van der Waals surface area contributed by atoms with Crippen LogP contribution >= 0.6 is 0 Å². The third-order valence-electron chi connectivity index (χ3n) is 9.97. The molecule has 2 aliphatic heterocycles. The van der Waals surface area contributed by atoms with Crippen molar-refractivity contribution in [2.45, 2.75) is 97.6 Å². The van der Waals surface area contributed by atoms with E-state index in [1.807, 2.05) is 22.9 Å². The van der Waals surface area contributed by atoms with Crippen LogP contribution in [0.3, 0.4) is 0 Å². The Hall–Kier alpha value is -3.90. The number of carbonyl (C=O) groups excluding carboxylic acids is 4. The minimum absolute atomic E-state index is 0.0450. The van der Waals surface area contributed by atoms with Crippen molar-refractivity contribution < 1.29 is 38.5 Å². The molecule has 1 N–H and O–H groups in total. The van der Waals surface area contributed by atoms with E-state index in [0.717, 1.165) is 11.3 Å². The number of hydrogen-bond donors (Lipinski definition) is 1. The number of ketones is 2. The van der Waals surface area contributed by atoms with Crippen molar-refractivity contribution in [3.63, 3.8) is 0 Å². The molecule has 0 spiro atoms. The monoisotopic (exact) mass is 652 g/mol. The molecule has 2 aliphatic rings. The first kappa shape index (κ1) is 35.9. The summed E-state index contributed by atoms with van der Waals surface area (Å²) in [6.07, 6.45) is 8.21. The zero-order valence-corrected chi connectivity index (χ0v) is 28.6. The van der Waals surface area contributed by atoms with Crippen molar-refractivity contribution in [3.05, 3.63) is 48.9 Å². The number of unbranched alkanes of at least 4 members (excludes halogenated alkanes) is 1. The molecule has 4 rings (SSSR count). The van der Waals surface area contributed by atoms with Gasteiger partial charge in [-0.25, -0.2) is 9.78 Å². The fourth-order valence-electron chi connectivity index (χ4n) is 7.08. The molecular weight excluding hydrogens is 604 g/mol. The first-order valence-corrected chi connectivity index (χ1v) is 16.3. The van der Waals surface area contributed by atoms with Gasteiger partial charge in [-0.15, -0.1) is 0 Å². The summed E-state index contributed by atoms with van der Waals surface area (Å²) >= 11 is 0. The lowest BCUT2D eigenvalue weighted by molar-refractivity contribution is -0.159. The predicted molar refractivity (Wildman–Crippen MR) is 173 cm³/mol. The lowest BCUT2D eigenvalue weighted by atomic mass is 9.74. The van der Waals surface area contributed by atoms with Crippen LogP contribution in [0.2, 0.25) is 0 Å². The van der Waals surface area contributed by atoms with Crippen molar-refractivity contribution in [1.82, 2.24) is 19.4 Å². The number of ether oxygens (including phenoxy) is 3. The van der Waals surface area contributed by atoms with Gasteiger partial charge in [0.05, 0.1) is 29.8 Å². The fraction of sp³-hybridized carbons (Fsp3) is 0.600. The summed E-state index contributed by atoms with van der Waals surface area (Å²) in [5.74, 6) is -5.05. The molecule has 2 saturated heterocycles. The maximum absolute atomic E-state index is 14.1. The number of esters is 1. The Balaban J connectivity index is 1.61. The SMILES string of the molecule is CC=C1OC(=O)[C@H](C)C(=O)[C@H](C)[C@@H](O)[C@@](C)(OC)C[C@@H](C)C(=O)[C@H](C)[C@H]2N(CCCCn3cnc(-c4cccnc4)c3)C(=O)O[C@]12C. The molecule has 2 aromatic heterocycles. The van der Waals surface area contributed by atoms with Gasteiger partial charge < -0.3 is 23.9 Å². The summed E-state index contributed by atoms with van der Waals surface area (Å²) in [5.41, 5.74) is -1.03. The van der Waals surface area contributed by atoms with Gasteiger partial charge in [0.2, 0.25) is 0 Å². The zero-order chi connectivity index (χ0) is 34.7. The van der Waals surface area contributed by atoms with Crippen LogP contribution < -0.4 is 0 Å². The van der Waals surface area contributed by atoms with E-state index in [-0.39, 0.29) is 18.0 Å². The van der Waals surface area contributed by atoms with E-state index < -0.39 is 64.9 Å². The number of nitrogens with zero attached hydrogens (tertiary/aromatic N) is 4. The third-order valence-corrected chi connectivity index (χ3v) is 9.97. The smallest absolute Gasteiger partial charge is 0.411 e. The third kappa shape index (κ3) is 7.18. The molecule has 256 valence electrons. The molecular formula is C35H48N4O8. The van der Waals surface area contributed by atoms with Crippen LogP contribution in [0.5, 0.6) is 0 Å². The van der Waals surface area contributed by atoms with Crippen LogP contribution in [-0.4, -0.2) is 85.2 Å². The van der Waals surface area contributed by atoms with Crippen molar-refractivity contribution >= 4 is 23.6 Å². The fourth-order valence-corrected chi connectivity index (χ4v) is 7.08. The van der Waals surface area contributed by atoms with Crippen molar-refractivity contribution in [2.75, 3.05) is 13.7 Å². The molecule has 8 atom stereocenters. The van der Waals surface area contributed by atoms with Crippen LogP contribution in [0.15, 0.2) is 48.9 Å². The Labute approximate surface area is 276 Å². The number of hydrogen-bond acceptors (Lipinski definition) is 10. The number of amides is 1. The molecule has 0 aromatic carbocycles. The van der Waals surface area contributed by atoms with Gasteiger partial charge in [0, 0.05) is 62.1 Å². The molecule has 0 saturated carbocycles. The van der Waals surface area contributed by atoms with Gasteiger partial charge in [-0.05, 0) is 65.2 Å². The normalized spacial score (nSPS) is 33.4. The second-order valence-electron chi connectivity index (χ2n) is 13.3. The predicted octanol–water partition coefficient (Wildman–Crippen LogP) is 4.60. The number of aliphatic hydroxyl groups excluding tert-OH is 1. The summed E-state index contributed by atoms with van der Waals surface area (Å²) in [4.78, 5) is 64.5. The average Bonchev–Trinajstić information content (AvgIpc) is 3.64. The van der Waals surface area contributed by atoms with Gasteiger partial charge in [0.15, 0.2) is 11.4 Å². The number of pyridine rings is 1. The Bertz CT molecular complexity index is 1490. The lowest BCUT2D eigenvalue weighted by Crippen LogP contribution is -2.54. The van der Waals surface area contributed by atoms with Crippen LogP contribution in [0, 0.1) is 23.7 Å². The molecule has 0 unspecified atom stereocenters. The highest BCUT2D eigenvalue weighted by Gasteiger charge is 2.58. The van der Waals surface area contributed by atoms with E-state index in [0.29, 0.717) is 25.9 Å². The lowest BCUT2D eigenvalue weighted by Gasteiger charge is -2.40. The Morgan fingerprint density at radius 3 is 2.40 bits per heavy atom. The molecule has 1 amide bonds. The number of Topliss-reactive ketones (excluding diaryl/α,β-unsaturated/α-hetero) is 2. The molecule has 0 aliphatic carbocycles. The van der Waals surface area contributed by atoms with E-state index in [4.69, 9.17) is 14.2 Å². The Morgan fingerprint density at radius 2 is 1.77 bits per heavy atom. The highest BCUT2D eigenvalue weighted by Crippen LogP contribution is 2.43. The van der Waals surface area contributed by atoms with Gasteiger partial charge in [0.25, 0.3) is 0 Å².